The molecule has 4 rings (SSSR count). The Morgan fingerprint density at radius 3 is 2.60 bits per heavy atom. The van der Waals surface area contributed by atoms with Gasteiger partial charge in [-0.15, -0.1) is 5.06 Å². The molecular formula is C24H24N4O7. The molecule has 1 aliphatic rings. The van der Waals surface area contributed by atoms with Gasteiger partial charge in [0.25, 0.3) is 17.7 Å². The summed E-state index contributed by atoms with van der Waals surface area (Å²) in [5, 5.41) is 3.32. The fourth-order valence-corrected chi connectivity index (χ4v) is 3.59. The fourth-order valence-electron chi connectivity index (χ4n) is 3.59. The largest absolute Gasteiger partial charge is 0.491 e. The van der Waals surface area contributed by atoms with Crippen molar-refractivity contribution in [3.05, 3.63) is 59.5 Å². The molecule has 1 saturated heterocycles. The standard InChI is InChI=1S/C24H24N4O7/c1-15-12-16(2)27-9-8-19(23(27)25-15)24(32)26-17-4-3-5-18(13-17)34-11-10-33-14-22(31)35-28-20(29)6-7-21(28)30/h3-5,8-9,12-13H,6-7,10-11,14H2,1-2H3,(H,26,32). The highest BCUT2D eigenvalue weighted by Crippen LogP contribution is 2.20. The number of carbonyl (C=O) groups excluding carboxylic acids is 4. The molecule has 3 aromatic rings. The number of aryl methyl sites for hydroxylation is 2. The van der Waals surface area contributed by atoms with Crippen molar-refractivity contribution in [1.82, 2.24) is 14.4 Å². The summed E-state index contributed by atoms with van der Waals surface area (Å²) in [5.74, 6) is -1.75. The molecule has 0 spiro atoms. The average Bonchev–Trinajstić information content (AvgIpc) is 3.38. The van der Waals surface area contributed by atoms with Gasteiger partial charge in [-0.3, -0.25) is 14.4 Å². The summed E-state index contributed by atoms with van der Waals surface area (Å²) in [5.41, 5.74) is 3.39. The number of hydrogen-bond donors (Lipinski definition) is 1. The van der Waals surface area contributed by atoms with Crippen molar-refractivity contribution in [1.29, 1.82) is 0 Å². The molecule has 3 heterocycles. The van der Waals surface area contributed by atoms with Crippen LogP contribution in [0.4, 0.5) is 5.69 Å². The summed E-state index contributed by atoms with van der Waals surface area (Å²) in [6, 6.07) is 10.5. The predicted molar refractivity (Wildman–Crippen MR) is 123 cm³/mol. The Balaban J connectivity index is 1.25. The Labute approximate surface area is 200 Å². The Morgan fingerprint density at radius 1 is 1.06 bits per heavy atom. The van der Waals surface area contributed by atoms with E-state index in [4.69, 9.17) is 14.3 Å². The number of hydrogen-bond acceptors (Lipinski definition) is 8. The van der Waals surface area contributed by atoms with Crippen LogP contribution in [0, 0.1) is 13.8 Å². The minimum absolute atomic E-state index is 0.0266. The first-order valence-corrected chi connectivity index (χ1v) is 11.0. The third-order valence-electron chi connectivity index (χ3n) is 5.19. The van der Waals surface area contributed by atoms with Crippen LogP contribution >= 0.6 is 0 Å². The highest BCUT2D eigenvalue weighted by atomic mass is 16.7. The highest BCUT2D eigenvalue weighted by molar-refractivity contribution is 6.08. The lowest BCUT2D eigenvalue weighted by Gasteiger charge is -2.13. The van der Waals surface area contributed by atoms with Gasteiger partial charge in [0.2, 0.25) is 0 Å². The molecule has 3 amide bonds. The smallest absolute Gasteiger partial charge is 0.358 e. The molecule has 1 N–H and O–H groups in total. The maximum absolute atomic E-state index is 12.8. The summed E-state index contributed by atoms with van der Waals surface area (Å²) in [6.45, 7) is 3.58. The van der Waals surface area contributed by atoms with E-state index in [1.807, 2.05) is 30.5 Å². The van der Waals surface area contributed by atoms with Crippen LogP contribution in [0.1, 0.15) is 34.6 Å². The fraction of sp³-hybridized carbons (Fsp3) is 0.292. The van der Waals surface area contributed by atoms with Gasteiger partial charge in [0, 0.05) is 42.2 Å². The molecule has 2 aromatic heterocycles. The first-order chi connectivity index (χ1) is 16.8. The van der Waals surface area contributed by atoms with E-state index in [1.165, 1.54) is 0 Å². The van der Waals surface area contributed by atoms with Crippen LogP contribution in [-0.4, -0.2) is 58.0 Å². The SMILES string of the molecule is Cc1cc(C)n2ccc(C(=O)Nc3cccc(OCCOCC(=O)ON4C(=O)CCC4=O)c3)c2n1. The highest BCUT2D eigenvalue weighted by Gasteiger charge is 2.32. The lowest BCUT2D eigenvalue weighted by Crippen LogP contribution is -2.33. The molecule has 11 heteroatoms. The first kappa shape index (κ1) is 23.9. The summed E-state index contributed by atoms with van der Waals surface area (Å²) < 4.78 is 12.6. The molecule has 0 unspecified atom stereocenters. The topological polar surface area (TPSA) is 129 Å². The number of anilines is 1. The second-order valence-corrected chi connectivity index (χ2v) is 7.89. The molecule has 11 nitrogen and oxygen atoms in total. The normalized spacial score (nSPS) is 13.4. The lowest BCUT2D eigenvalue weighted by atomic mass is 10.2. The maximum Gasteiger partial charge on any atom is 0.358 e. The maximum atomic E-state index is 12.8. The van der Waals surface area contributed by atoms with E-state index in [0.29, 0.717) is 27.7 Å². The van der Waals surface area contributed by atoms with Crippen molar-refractivity contribution in [2.24, 2.45) is 0 Å². The van der Waals surface area contributed by atoms with E-state index in [1.54, 1.807) is 30.3 Å². The predicted octanol–water partition coefficient (Wildman–Crippen LogP) is 2.21. The molecular weight excluding hydrogens is 456 g/mol. The van der Waals surface area contributed by atoms with Gasteiger partial charge in [0.05, 0.1) is 12.2 Å². The van der Waals surface area contributed by atoms with Crippen molar-refractivity contribution in [2.45, 2.75) is 26.7 Å². The molecule has 35 heavy (non-hydrogen) atoms. The van der Waals surface area contributed by atoms with Crippen molar-refractivity contribution in [2.75, 3.05) is 25.1 Å². The minimum atomic E-state index is -0.851. The summed E-state index contributed by atoms with van der Waals surface area (Å²) in [4.78, 5) is 56.6. The zero-order valence-corrected chi connectivity index (χ0v) is 19.3. The minimum Gasteiger partial charge on any atom is -0.491 e. The number of carbonyl (C=O) groups is 4. The van der Waals surface area contributed by atoms with E-state index in [2.05, 4.69) is 10.3 Å². The molecule has 1 aliphatic heterocycles. The second kappa shape index (κ2) is 10.3. The molecule has 1 fully saturated rings. The zero-order chi connectivity index (χ0) is 24.9. The Kier molecular flexibility index (Phi) is 7.06. The van der Waals surface area contributed by atoms with Gasteiger partial charge in [-0.05, 0) is 38.1 Å². The van der Waals surface area contributed by atoms with Crippen LogP contribution in [0.2, 0.25) is 0 Å². The van der Waals surface area contributed by atoms with Gasteiger partial charge in [-0.25, -0.2) is 9.78 Å². The van der Waals surface area contributed by atoms with Crippen LogP contribution in [0.3, 0.4) is 0 Å². The number of fused-ring (bicyclic) bond motifs is 1. The van der Waals surface area contributed by atoms with Gasteiger partial charge in [0.1, 0.15) is 24.6 Å². The van der Waals surface area contributed by atoms with Gasteiger partial charge < -0.3 is 24.0 Å². The Hall–Kier alpha value is -4.25. The van der Waals surface area contributed by atoms with Crippen molar-refractivity contribution >= 4 is 35.0 Å². The number of amides is 3. The van der Waals surface area contributed by atoms with Gasteiger partial charge in [-0.2, -0.15) is 0 Å². The monoisotopic (exact) mass is 480 g/mol. The molecule has 0 radical (unpaired) electrons. The quantitative estimate of drug-likeness (QED) is 0.365. The summed E-state index contributed by atoms with van der Waals surface area (Å²) in [7, 11) is 0. The summed E-state index contributed by atoms with van der Waals surface area (Å²) >= 11 is 0. The van der Waals surface area contributed by atoms with Gasteiger partial charge in [-0.1, -0.05) is 6.07 Å². The first-order valence-electron chi connectivity index (χ1n) is 11.0. The number of rotatable bonds is 9. The number of nitrogens with zero attached hydrogens (tertiary/aromatic N) is 3. The molecule has 0 bridgehead atoms. The average molecular weight is 480 g/mol. The second-order valence-electron chi connectivity index (χ2n) is 7.89. The van der Waals surface area contributed by atoms with Crippen LogP contribution < -0.4 is 10.1 Å². The van der Waals surface area contributed by atoms with Crippen molar-refractivity contribution in [3.63, 3.8) is 0 Å². The van der Waals surface area contributed by atoms with E-state index < -0.39 is 24.4 Å². The summed E-state index contributed by atoms with van der Waals surface area (Å²) in [6.07, 6.45) is 1.86. The van der Waals surface area contributed by atoms with Gasteiger partial charge in [0.15, 0.2) is 0 Å². The molecule has 0 saturated carbocycles. The van der Waals surface area contributed by atoms with Crippen molar-refractivity contribution < 1.29 is 33.5 Å². The Morgan fingerprint density at radius 2 is 1.83 bits per heavy atom. The van der Waals surface area contributed by atoms with Crippen LogP contribution in [0.15, 0.2) is 42.6 Å². The van der Waals surface area contributed by atoms with E-state index in [0.717, 1.165) is 11.4 Å². The van der Waals surface area contributed by atoms with Crippen LogP contribution in [0.25, 0.3) is 5.65 Å². The van der Waals surface area contributed by atoms with Gasteiger partial charge >= 0.3 is 5.97 Å². The van der Waals surface area contributed by atoms with E-state index in [9.17, 15) is 19.2 Å². The molecule has 182 valence electrons. The molecule has 0 aliphatic carbocycles. The zero-order valence-electron chi connectivity index (χ0n) is 19.3. The third kappa shape index (κ3) is 5.64. The number of benzene rings is 1. The Bertz CT molecular complexity index is 1280. The molecule has 1 aromatic carbocycles. The lowest BCUT2D eigenvalue weighted by molar-refractivity contribution is -0.200. The number of ether oxygens (including phenoxy) is 2. The van der Waals surface area contributed by atoms with Crippen LogP contribution in [-0.2, 0) is 24.0 Å². The van der Waals surface area contributed by atoms with Crippen LogP contribution in [0.5, 0.6) is 5.75 Å². The number of aromatic nitrogens is 2. The van der Waals surface area contributed by atoms with Crippen molar-refractivity contribution in [3.8, 4) is 5.75 Å². The number of nitrogens with one attached hydrogen (secondary N) is 1. The van der Waals surface area contributed by atoms with E-state index >= 15 is 0 Å². The molecule has 0 atom stereocenters. The van der Waals surface area contributed by atoms with E-state index in [-0.39, 0.29) is 32.0 Å². The number of imide groups is 1. The number of hydroxylamine groups is 2. The third-order valence-corrected chi connectivity index (χ3v) is 5.19.